The van der Waals surface area contributed by atoms with Crippen LogP contribution < -0.4 is 5.32 Å². The summed E-state index contributed by atoms with van der Waals surface area (Å²) in [4.78, 5) is 0. The maximum atomic E-state index is 6.05. The zero-order valence-electron chi connectivity index (χ0n) is 10.5. The molecule has 3 rings (SSSR count). The monoisotopic (exact) mass is 231 g/mol. The average Bonchev–Trinajstić information content (AvgIpc) is 2.40. The van der Waals surface area contributed by atoms with Gasteiger partial charge in [-0.05, 0) is 30.7 Å². The van der Waals surface area contributed by atoms with Gasteiger partial charge in [0.15, 0.2) is 0 Å². The Bertz CT molecular complexity index is 378. The molecule has 2 fully saturated rings. The molecule has 2 aliphatic rings. The van der Waals surface area contributed by atoms with Crippen molar-refractivity contribution in [2.24, 2.45) is 5.92 Å². The Kier molecular flexibility index (Phi) is 2.93. The number of nitrogens with one attached hydrogen (secondary N) is 1. The molecule has 1 aliphatic heterocycles. The average molecular weight is 231 g/mol. The molecule has 3 atom stereocenters. The smallest absolute Gasteiger partial charge is 0.0801 e. The first-order valence-electron chi connectivity index (χ1n) is 6.73. The van der Waals surface area contributed by atoms with Crippen LogP contribution in [-0.4, -0.2) is 19.3 Å². The highest BCUT2D eigenvalue weighted by Gasteiger charge is 2.46. The van der Waals surface area contributed by atoms with Crippen molar-refractivity contribution >= 4 is 0 Å². The van der Waals surface area contributed by atoms with Gasteiger partial charge in [0.1, 0.15) is 0 Å². The maximum absolute atomic E-state index is 6.05. The molecule has 1 heterocycles. The first-order chi connectivity index (χ1) is 8.31. The van der Waals surface area contributed by atoms with Crippen molar-refractivity contribution < 1.29 is 4.74 Å². The molecule has 0 aromatic heterocycles. The molecule has 1 aliphatic carbocycles. The Labute approximate surface area is 103 Å². The van der Waals surface area contributed by atoms with Crippen LogP contribution in [0.1, 0.15) is 31.7 Å². The highest BCUT2D eigenvalue weighted by atomic mass is 16.5. The third-order valence-electron chi connectivity index (χ3n) is 4.35. The van der Waals surface area contributed by atoms with Gasteiger partial charge >= 0.3 is 0 Å². The van der Waals surface area contributed by atoms with Crippen LogP contribution in [0.3, 0.4) is 0 Å². The van der Waals surface area contributed by atoms with Crippen LogP contribution in [0, 0.1) is 5.92 Å². The van der Waals surface area contributed by atoms with E-state index in [4.69, 9.17) is 4.74 Å². The van der Waals surface area contributed by atoms with Gasteiger partial charge in [-0.15, -0.1) is 0 Å². The summed E-state index contributed by atoms with van der Waals surface area (Å²) in [6.07, 6.45) is 4.02. The molecule has 1 saturated carbocycles. The Balaban J connectivity index is 1.96. The number of hydrogen-bond donors (Lipinski definition) is 1. The van der Waals surface area contributed by atoms with Crippen LogP contribution >= 0.6 is 0 Å². The fraction of sp³-hybridized carbons (Fsp3) is 0.600. The summed E-state index contributed by atoms with van der Waals surface area (Å²) in [6, 6.07) is 10.8. The van der Waals surface area contributed by atoms with E-state index in [0.29, 0.717) is 6.10 Å². The Morgan fingerprint density at radius 1 is 1.29 bits per heavy atom. The van der Waals surface area contributed by atoms with Gasteiger partial charge in [0.2, 0.25) is 0 Å². The second-order valence-electron chi connectivity index (χ2n) is 5.50. The van der Waals surface area contributed by atoms with E-state index >= 15 is 0 Å². The molecule has 1 aromatic rings. The van der Waals surface area contributed by atoms with E-state index in [9.17, 15) is 0 Å². The van der Waals surface area contributed by atoms with Gasteiger partial charge in [0.05, 0.1) is 18.2 Å². The minimum Gasteiger partial charge on any atom is -0.375 e. The van der Waals surface area contributed by atoms with Gasteiger partial charge in [-0.25, -0.2) is 0 Å². The number of hydrogen-bond acceptors (Lipinski definition) is 2. The number of benzene rings is 1. The third kappa shape index (κ3) is 1.90. The summed E-state index contributed by atoms with van der Waals surface area (Å²) in [5.74, 6) is 0.789. The number of morpholine rings is 1. The normalized spacial score (nSPS) is 37.5. The van der Waals surface area contributed by atoms with Gasteiger partial charge < -0.3 is 10.1 Å². The van der Waals surface area contributed by atoms with E-state index in [1.165, 1.54) is 24.8 Å². The highest BCUT2D eigenvalue weighted by Crippen LogP contribution is 2.42. The second-order valence-corrected chi connectivity index (χ2v) is 5.50. The molecule has 0 radical (unpaired) electrons. The molecule has 1 aromatic carbocycles. The van der Waals surface area contributed by atoms with Crippen molar-refractivity contribution in [3.05, 3.63) is 35.9 Å². The van der Waals surface area contributed by atoms with Crippen molar-refractivity contribution in [1.82, 2.24) is 5.32 Å². The summed E-state index contributed by atoms with van der Waals surface area (Å²) in [7, 11) is 0. The first kappa shape index (κ1) is 11.2. The zero-order valence-corrected chi connectivity index (χ0v) is 10.5. The largest absolute Gasteiger partial charge is 0.375 e. The standard InChI is InChI=1S/C15H21NO/c1-12-7-8-15(13-5-3-2-4-6-13)14(11-12)17-10-9-16-15/h2-6,12,14,16H,7-11H2,1H3. The lowest BCUT2D eigenvalue weighted by Crippen LogP contribution is -2.59. The van der Waals surface area contributed by atoms with Gasteiger partial charge in [0.25, 0.3) is 0 Å². The van der Waals surface area contributed by atoms with Crippen LogP contribution in [0.2, 0.25) is 0 Å². The first-order valence-corrected chi connectivity index (χ1v) is 6.73. The fourth-order valence-corrected chi connectivity index (χ4v) is 3.38. The van der Waals surface area contributed by atoms with Crippen LogP contribution in [0.15, 0.2) is 30.3 Å². The molecule has 0 bridgehead atoms. The predicted octanol–water partition coefficient (Wildman–Crippen LogP) is 2.69. The SMILES string of the molecule is CC1CCC2(c3ccccc3)NCCOC2C1. The van der Waals surface area contributed by atoms with E-state index in [0.717, 1.165) is 19.1 Å². The van der Waals surface area contributed by atoms with Crippen molar-refractivity contribution in [3.8, 4) is 0 Å². The van der Waals surface area contributed by atoms with Crippen LogP contribution in [0.5, 0.6) is 0 Å². The summed E-state index contributed by atoms with van der Waals surface area (Å²) >= 11 is 0. The van der Waals surface area contributed by atoms with Gasteiger partial charge in [-0.1, -0.05) is 37.3 Å². The van der Waals surface area contributed by atoms with E-state index in [-0.39, 0.29) is 5.54 Å². The van der Waals surface area contributed by atoms with Gasteiger partial charge in [-0.2, -0.15) is 0 Å². The Morgan fingerprint density at radius 2 is 2.12 bits per heavy atom. The van der Waals surface area contributed by atoms with Crippen LogP contribution in [-0.2, 0) is 10.3 Å². The fourth-order valence-electron chi connectivity index (χ4n) is 3.38. The summed E-state index contributed by atoms with van der Waals surface area (Å²) < 4.78 is 6.05. The van der Waals surface area contributed by atoms with E-state index in [1.807, 2.05) is 0 Å². The topological polar surface area (TPSA) is 21.3 Å². The summed E-state index contributed by atoms with van der Waals surface area (Å²) in [5, 5.41) is 3.75. The minimum atomic E-state index is 0.0754. The minimum absolute atomic E-state index is 0.0754. The quantitative estimate of drug-likeness (QED) is 0.802. The summed E-state index contributed by atoms with van der Waals surface area (Å²) in [5.41, 5.74) is 1.48. The molecular formula is C15H21NO. The van der Waals surface area contributed by atoms with Crippen LogP contribution in [0.25, 0.3) is 0 Å². The lowest BCUT2D eigenvalue weighted by molar-refractivity contribution is -0.0863. The molecule has 92 valence electrons. The molecule has 3 unspecified atom stereocenters. The van der Waals surface area contributed by atoms with E-state index in [1.54, 1.807) is 0 Å². The van der Waals surface area contributed by atoms with Crippen molar-refractivity contribution in [1.29, 1.82) is 0 Å². The molecule has 0 spiro atoms. The molecule has 1 saturated heterocycles. The lowest BCUT2D eigenvalue weighted by atomic mass is 9.70. The number of ether oxygens (including phenoxy) is 1. The lowest BCUT2D eigenvalue weighted by Gasteiger charge is -2.49. The zero-order chi connectivity index (χ0) is 11.7. The van der Waals surface area contributed by atoms with E-state index < -0.39 is 0 Å². The molecule has 2 nitrogen and oxygen atoms in total. The second kappa shape index (κ2) is 4.43. The number of rotatable bonds is 1. The number of fused-ring (bicyclic) bond motifs is 1. The Hall–Kier alpha value is -0.860. The summed E-state index contributed by atoms with van der Waals surface area (Å²) in [6.45, 7) is 4.17. The van der Waals surface area contributed by atoms with Crippen molar-refractivity contribution in [3.63, 3.8) is 0 Å². The van der Waals surface area contributed by atoms with Gasteiger partial charge in [-0.3, -0.25) is 0 Å². The predicted molar refractivity (Wildman–Crippen MR) is 68.9 cm³/mol. The molecular weight excluding hydrogens is 210 g/mol. The molecule has 2 heteroatoms. The van der Waals surface area contributed by atoms with Crippen LogP contribution in [0.4, 0.5) is 0 Å². The molecule has 1 N–H and O–H groups in total. The van der Waals surface area contributed by atoms with E-state index in [2.05, 4.69) is 42.6 Å². The highest BCUT2D eigenvalue weighted by molar-refractivity contribution is 5.28. The van der Waals surface area contributed by atoms with Crippen molar-refractivity contribution in [2.75, 3.05) is 13.2 Å². The Morgan fingerprint density at radius 3 is 2.94 bits per heavy atom. The molecule has 0 amide bonds. The van der Waals surface area contributed by atoms with Crippen molar-refractivity contribution in [2.45, 2.75) is 37.8 Å². The third-order valence-corrected chi connectivity index (χ3v) is 4.35. The maximum Gasteiger partial charge on any atom is 0.0801 e. The molecule has 17 heavy (non-hydrogen) atoms. The van der Waals surface area contributed by atoms with Gasteiger partial charge in [0, 0.05) is 6.54 Å².